The molecule has 0 saturated heterocycles. The molecule has 0 aromatic carbocycles. The molecule has 0 aliphatic heterocycles. The summed E-state index contributed by atoms with van der Waals surface area (Å²) < 4.78 is 9.39. The summed E-state index contributed by atoms with van der Waals surface area (Å²) in [6, 6.07) is 0. The largest absolute Gasteiger partial charge is 0.460 e. The number of rotatable bonds is 13. The number of unbranched alkanes of at least 4 members (excludes halogenated alkanes) is 6. The van der Waals surface area contributed by atoms with Crippen molar-refractivity contribution in [3.8, 4) is 0 Å². The third kappa shape index (κ3) is 13.5. The van der Waals surface area contributed by atoms with E-state index in [0.717, 1.165) is 32.1 Å². The van der Waals surface area contributed by atoms with Gasteiger partial charge in [-0.05, 0) is 26.2 Å². The minimum Gasteiger partial charge on any atom is -0.460 e. The van der Waals surface area contributed by atoms with Gasteiger partial charge in [-0.2, -0.15) is 0 Å². The monoisotopic (exact) mass is 339 g/mol. The lowest BCUT2D eigenvalue weighted by atomic mass is 10.1. The number of allylic oxidation sites excluding steroid dienone is 1. The lowest BCUT2D eigenvalue weighted by Gasteiger charge is -2.06. The third-order valence-corrected chi connectivity index (χ3v) is 3.20. The SMILES string of the molecule is C=CCCCCCCCCC(=O)OC(=O)NCCOC(=O)C(=C)C. The van der Waals surface area contributed by atoms with E-state index in [4.69, 9.17) is 4.74 Å². The van der Waals surface area contributed by atoms with Crippen molar-refractivity contribution in [2.45, 2.75) is 58.3 Å². The summed E-state index contributed by atoms with van der Waals surface area (Å²) in [7, 11) is 0. The molecule has 1 amide bonds. The van der Waals surface area contributed by atoms with Crippen molar-refractivity contribution in [3.63, 3.8) is 0 Å². The molecule has 0 spiro atoms. The van der Waals surface area contributed by atoms with Crippen molar-refractivity contribution in [1.82, 2.24) is 5.32 Å². The van der Waals surface area contributed by atoms with Crippen LogP contribution >= 0.6 is 0 Å². The first-order valence-electron chi connectivity index (χ1n) is 8.39. The number of ether oxygens (including phenoxy) is 2. The topological polar surface area (TPSA) is 81.7 Å². The van der Waals surface area contributed by atoms with E-state index in [0.29, 0.717) is 6.42 Å². The Balaban J connectivity index is 3.52. The Bertz CT molecular complexity index is 431. The van der Waals surface area contributed by atoms with E-state index < -0.39 is 18.0 Å². The maximum absolute atomic E-state index is 11.5. The fourth-order valence-electron chi connectivity index (χ4n) is 1.88. The molecule has 0 rings (SSSR count). The average molecular weight is 339 g/mol. The predicted molar refractivity (Wildman–Crippen MR) is 92.4 cm³/mol. The molecule has 0 aliphatic carbocycles. The van der Waals surface area contributed by atoms with Crippen molar-refractivity contribution in [1.29, 1.82) is 0 Å². The molecule has 6 nitrogen and oxygen atoms in total. The molecule has 0 heterocycles. The minimum atomic E-state index is -0.823. The Morgan fingerprint density at radius 2 is 1.67 bits per heavy atom. The Morgan fingerprint density at radius 3 is 2.29 bits per heavy atom. The first-order chi connectivity index (χ1) is 11.5. The molecule has 0 atom stereocenters. The molecule has 0 bridgehead atoms. The summed E-state index contributed by atoms with van der Waals surface area (Å²) in [5, 5.41) is 2.34. The van der Waals surface area contributed by atoms with E-state index in [1.165, 1.54) is 13.3 Å². The van der Waals surface area contributed by atoms with Crippen molar-refractivity contribution >= 4 is 18.0 Å². The average Bonchev–Trinajstić information content (AvgIpc) is 2.53. The summed E-state index contributed by atoms with van der Waals surface area (Å²) in [6.07, 6.45) is 8.59. The quantitative estimate of drug-likeness (QED) is 0.182. The Hall–Kier alpha value is -2.11. The van der Waals surface area contributed by atoms with Crippen molar-refractivity contribution in [2.75, 3.05) is 13.2 Å². The van der Waals surface area contributed by atoms with Gasteiger partial charge in [-0.15, -0.1) is 6.58 Å². The highest BCUT2D eigenvalue weighted by atomic mass is 16.6. The fraction of sp³-hybridized carbons (Fsp3) is 0.611. The van der Waals surface area contributed by atoms with Gasteiger partial charge >= 0.3 is 18.0 Å². The van der Waals surface area contributed by atoms with Crippen LogP contribution in [0.2, 0.25) is 0 Å². The molecule has 1 N–H and O–H groups in total. The highest BCUT2D eigenvalue weighted by Gasteiger charge is 2.10. The highest BCUT2D eigenvalue weighted by molar-refractivity contribution is 5.87. The smallest absolute Gasteiger partial charge is 0.415 e. The summed E-state index contributed by atoms with van der Waals surface area (Å²) in [6.45, 7) is 8.72. The van der Waals surface area contributed by atoms with Crippen LogP contribution in [-0.4, -0.2) is 31.2 Å². The third-order valence-electron chi connectivity index (χ3n) is 3.20. The van der Waals surface area contributed by atoms with Crippen LogP contribution in [0, 0.1) is 0 Å². The van der Waals surface area contributed by atoms with Crippen molar-refractivity contribution < 1.29 is 23.9 Å². The first kappa shape index (κ1) is 21.9. The number of nitrogens with one attached hydrogen (secondary N) is 1. The van der Waals surface area contributed by atoms with Crippen LogP contribution in [0.1, 0.15) is 58.3 Å². The zero-order valence-corrected chi connectivity index (χ0v) is 14.6. The van der Waals surface area contributed by atoms with Crippen LogP contribution in [0.4, 0.5) is 4.79 Å². The van der Waals surface area contributed by atoms with E-state index in [1.54, 1.807) is 0 Å². The Morgan fingerprint density at radius 1 is 1.04 bits per heavy atom. The maximum Gasteiger partial charge on any atom is 0.415 e. The zero-order chi connectivity index (χ0) is 18.2. The number of carbonyl (C=O) groups excluding carboxylic acids is 3. The van der Waals surface area contributed by atoms with Crippen molar-refractivity contribution in [3.05, 3.63) is 24.8 Å². The summed E-state index contributed by atoms with van der Waals surface area (Å²) >= 11 is 0. The van der Waals surface area contributed by atoms with Gasteiger partial charge in [-0.1, -0.05) is 38.3 Å². The summed E-state index contributed by atoms with van der Waals surface area (Å²) in [4.78, 5) is 33.9. The minimum absolute atomic E-state index is 0.000831. The maximum atomic E-state index is 11.5. The van der Waals surface area contributed by atoms with Gasteiger partial charge in [-0.25, -0.2) is 9.59 Å². The summed E-state index contributed by atoms with van der Waals surface area (Å²) in [5.41, 5.74) is 0.286. The number of carbonyl (C=O) groups is 3. The van der Waals surface area contributed by atoms with Gasteiger partial charge in [-0.3, -0.25) is 4.79 Å². The lowest BCUT2D eigenvalue weighted by molar-refractivity contribution is -0.140. The fourth-order valence-corrected chi connectivity index (χ4v) is 1.88. The van der Waals surface area contributed by atoms with E-state index >= 15 is 0 Å². The predicted octanol–water partition coefficient (Wildman–Crippen LogP) is 3.67. The molecule has 6 heteroatoms. The number of amides is 1. The Labute approximate surface area is 144 Å². The van der Waals surface area contributed by atoms with Gasteiger partial charge in [0.2, 0.25) is 0 Å². The first-order valence-corrected chi connectivity index (χ1v) is 8.39. The van der Waals surface area contributed by atoms with Gasteiger partial charge in [0.1, 0.15) is 6.61 Å². The Kier molecular flexibility index (Phi) is 13.2. The normalized spacial score (nSPS) is 9.88. The van der Waals surface area contributed by atoms with Crippen LogP contribution < -0.4 is 5.32 Å². The second-order valence-electron chi connectivity index (χ2n) is 5.55. The second-order valence-corrected chi connectivity index (χ2v) is 5.55. The molecule has 0 saturated carbocycles. The number of esters is 2. The highest BCUT2D eigenvalue weighted by Crippen LogP contribution is 2.09. The molecular formula is C18H29NO5. The van der Waals surface area contributed by atoms with Crippen LogP contribution in [0.25, 0.3) is 0 Å². The molecule has 0 aliphatic rings. The van der Waals surface area contributed by atoms with Gasteiger partial charge < -0.3 is 14.8 Å². The van der Waals surface area contributed by atoms with Crippen LogP contribution in [0.3, 0.4) is 0 Å². The van der Waals surface area contributed by atoms with Crippen LogP contribution in [0.5, 0.6) is 0 Å². The molecule has 0 fully saturated rings. The van der Waals surface area contributed by atoms with Gasteiger partial charge in [0.05, 0.1) is 6.54 Å². The number of hydrogen-bond donors (Lipinski definition) is 1. The van der Waals surface area contributed by atoms with Crippen molar-refractivity contribution in [2.24, 2.45) is 0 Å². The molecule has 0 unspecified atom stereocenters. The van der Waals surface area contributed by atoms with E-state index in [2.05, 4.69) is 23.2 Å². The molecule has 0 aromatic heterocycles. The molecule has 0 radical (unpaired) electrons. The summed E-state index contributed by atoms with van der Waals surface area (Å²) in [5.74, 6) is -1.07. The van der Waals surface area contributed by atoms with E-state index in [1.807, 2.05) is 6.08 Å². The van der Waals surface area contributed by atoms with Crippen LogP contribution in [-0.2, 0) is 19.1 Å². The van der Waals surface area contributed by atoms with Gasteiger partial charge in [0, 0.05) is 12.0 Å². The van der Waals surface area contributed by atoms with Gasteiger partial charge in [0.25, 0.3) is 0 Å². The lowest BCUT2D eigenvalue weighted by Crippen LogP contribution is -2.30. The zero-order valence-electron chi connectivity index (χ0n) is 14.6. The standard InChI is InChI=1S/C18H29NO5/c1-4-5-6-7-8-9-10-11-12-16(20)24-18(22)19-13-14-23-17(21)15(2)3/h4H,1-2,5-14H2,3H3,(H,19,22). The van der Waals surface area contributed by atoms with E-state index in [9.17, 15) is 14.4 Å². The molecule has 24 heavy (non-hydrogen) atoms. The molecule has 136 valence electrons. The van der Waals surface area contributed by atoms with Crippen LogP contribution in [0.15, 0.2) is 24.8 Å². The number of alkyl carbamates (subject to hydrolysis) is 1. The van der Waals surface area contributed by atoms with Gasteiger partial charge in [0.15, 0.2) is 0 Å². The number of hydrogen-bond acceptors (Lipinski definition) is 5. The van der Waals surface area contributed by atoms with E-state index in [-0.39, 0.29) is 25.1 Å². The molecule has 0 aromatic rings. The molecular weight excluding hydrogens is 310 g/mol. The second kappa shape index (κ2) is 14.5.